The summed E-state index contributed by atoms with van der Waals surface area (Å²) < 4.78 is 4.01. The van der Waals surface area contributed by atoms with Crippen LogP contribution in [-0.4, -0.2) is 61.1 Å². The predicted molar refractivity (Wildman–Crippen MR) is 124 cm³/mol. The highest BCUT2D eigenvalue weighted by atomic mass is 15.3. The Bertz CT molecular complexity index is 880. The van der Waals surface area contributed by atoms with Crippen molar-refractivity contribution in [1.82, 2.24) is 40.1 Å². The Morgan fingerprint density at radius 2 is 1.94 bits per heavy atom. The summed E-state index contributed by atoms with van der Waals surface area (Å²) in [6.45, 7) is 12.9. The molecule has 0 aliphatic carbocycles. The maximum absolute atomic E-state index is 4.95. The van der Waals surface area contributed by atoms with Crippen molar-refractivity contribution in [3.05, 3.63) is 28.6 Å². The summed E-state index contributed by atoms with van der Waals surface area (Å²) in [4.78, 5) is 7.50. The third-order valence-corrected chi connectivity index (χ3v) is 6.43. The molecule has 0 amide bonds. The number of nitrogens with one attached hydrogen (secondary N) is 2. The Balaban J connectivity index is 1.75. The van der Waals surface area contributed by atoms with Crippen molar-refractivity contribution in [2.45, 2.75) is 72.5 Å². The van der Waals surface area contributed by atoms with Crippen LogP contribution in [0.2, 0.25) is 0 Å². The van der Waals surface area contributed by atoms with E-state index >= 15 is 0 Å². The topological polar surface area (TPSA) is 88.2 Å². The molecule has 0 radical (unpaired) electrons. The van der Waals surface area contributed by atoms with E-state index in [-0.39, 0.29) is 0 Å². The van der Waals surface area contributed by atoms with Crippen LogP contribution in [0.25, 0.3) is 0 Å². The van der Waals surface area contributed by atoms with Crippen LogP contribution >= 0.6 is 0 Å². The van der Waals surface area contributed by atoms with E-state index in [1.54, 1.807) is 0 Å². The molecular weight excluding hydrogens is 390 g/mol. The van der Waals surface area contributed by atoms with Gasteiger partial charge in [-0.1, -0.05) is 20.8 Å². The molecular formula is C22H39N9. The molecule has 31 heavy (non-hydrogen) atoms. The highest BCUT2D eigenvalue weighted by molar-refractivity contribution is 5.79. The molecule has 1 aliphatic rings. The van der Waals surface area contributed by atoms with Crippen molar-refractivity contribution in [2.75, 3.05) is 19.6 Å². The number of guanidine groups is 1. The average Bonchev–Trinajstić information content (AvgIpc) is 3.45. The zero-order valence-electron chi connectivity index (χ0n) is 20.1. The van der Waals surface area contributed by atoms with Gasteiger partial charge in [-0.25, -0.2) is 4.99 Å². The van der Waals surface area contributed by atoms with Gasteiger partial charge >= 0.3 is 0 Å². The van der Waals surface area contributed by atoms with E-state index in [4.69, 9.17) is 10.1 Å². The summed E-state index contributed by atoms with van der Waals surface area (Å²) in [6, 6.07) is 0.560. The van der Waals surface area contributed by atoms with Gasteiger partial charge in [-0.15, -0.1) is 10.2 Å². The minimum Gasteiger partial charge on any atom is -0.355 e. The third-order valence-electron chi connectivity index (χ3n) is 6.43. The fourth-order valence-corrected chi connectivity index (χ4v) is 4.43. The second-order valence-corrected chi connectivity index (χ2v) is 8.25. The molecule has 1 atom stereocenters. The zero-order chi connectivity index (χ0) is 22.4. The van der Waals surface area contributed by atoms with Gasteiger partial charge in [0.05, 0.1) is 18.8 Å². The van der Waals surface area contributed by atoms with Gasteiger partial charge in [0.25, 0.3) is 0 Å². The van der Waals surface area contributed by atoms with Crippen molar-refractivity contribution in [3.8, 4) is 0 Å². The number of rotatable bonds is 9. The lowest BCUT2D eigenvalue weighted by Gasteiger charge is -2.24. The van der Waals surface area contributed by atoms with E-state index in [1.807, 2.05) is 30.3 Å². The number of aromatic nitrogens is 5. The first-order chi connectivity index (χ1) is 15.0. The fourth-order valence-electron chi connectivity index (χ4n) is 4.43. The minimum atomic E-state index is 0.560. The second-order valence-electron chi connectivity index (χ2n) is 8.25. The number of aryl methyl sites for hydroxylation is 3. The Labute approximate surface area is 186 Å². The van der Waals surface area contributed by atoms with Gasteiger partial charge in [-0.05, 0) is 45.7 Å². The highest BCUT2D eigenvalue weighted by Gasteiger charge is 2.23. The Morgan fingerprint density at radius 1 is 1.13 bits per heavy atom. The first kappa shape index (κ1) is 23.2. The van der Waals surface area contributed by atoms with Crippen LogP contribution in [0, 0.1) is 6.92 Å². The Hall–Kier alpha value is -2.42. The van der Waals surface area contributed by atoms with Crippen LogP contribution in [0.5, 0.6) is 0 Å². The van der Waals surface area contributed by atoms with Crippen molar-refractivity contribution in [2.24, 2.45) is 19.1 Å². The lowest BCUT2D eigenvalue weighted by molar-refractivity contribution is 0.267. The van der Waals surface area contributed by atoms with E-state index in [0.29, 0.717) is 19.1 Å². The van der Waals surface area contributed by atoms with Crippen LogP contribution in [0.15, 0.2) is 4.99 Å². The maximum Gasteiger partial charge on any atom is 0.192 e. The molecule has 1 fully saturated rings. The van der Waals surface area contributed by atoms with E-state index in [2.05, 4.69) is 46.5 Å². The molecule has 0 spiro atoms. The van der Waals surface area contributed by atoms with Crippen molar-refractivity contribution in [1.29, 1.82) is 0 Å². The number of likely N-dealkylation sites (tertiary alicyclic amines) is 1. The van der Waals surface area contributed by atoms with Gasteiger partial charge in [-0.3, -0.25) is 9.58 Å². The molecule has 3 heterocycles. The van der Waals surface area contributed by atoms with Crippen molar-refractivity contribution >= 4 is 5.96 Å². The van der Waals surface area contributed by atoms with Gasteiger partial charge in [-0.2, -0.15) is 5.10 Å². The van der Waals surface area contributed by atoms with Crippen molar-refractivity contribution < 1.29 is 0 Å². The minimum absolute atomic E-state index is 0.560. The molecule has 1 unspecified atom stereocenters. The number of nitrogens with zero attached hydrogens (tertiary/aromatic N) is 7. The molecule has 0 saturated carbocycles. The van der Waals surface area contributed by atoms with Crippen LogP contribution < -0.4 is 10.6 Å². The second kappa shape index (κ2) is 10.7. The fraction of sp³-hybridized carbons (Fsp3) is 0.727. The lowest BCUT2D eigenvalue weighted by Crippen LogP contribution is -2.45. The first-order valence-corrected chi connectivity index (χ1v) is 11.6. The first-order valence-electron chi connectivity index (χ1n) is 11.6. The summed E-state index contributed by atoms with van der Waals surface area (Å²) in [5, 5.41) is 20.2. The normalized spacial score (nSPS) is 17.5. The number of hydrogen-bond acceptors (Lipinski definition) is 5. The van der Waals surface area contributed by atoms with Crippen LogP contribution in [0.3, 0.4) is 0 Å². The molecule has 9 nitrogen and oxygen atoms in total. The third kappa shape index (κ3) is 5.44. The zero-order valence-corrected chi connectivity index (χ0v) is 20.1. The molecule has 0 bridgehead atoms. The van der Waals surface area contributed by atoms with E-state index in [9.17, 15) is 0 Å². The smallest absolute Gasteiger partial charge is 0.192 e. The summed E-state index contributed by atoms with van der Waals surface area (Å²) >= 11 is 0. The highest BCUT2D eigenvalue weighted by Crippen LogP contribution is 2.17. The molecule has 172 valence electrons. The largest absolute Gasteiger partial charge is 0.355 e. The molecule has 9 heteroatoms. The van der Waals surface area contributed by atoms with Gasteiger partial charge in [0.2, 0.25) is 0 Å². The van der Waals surface area contributed by atoms with Gasteiger partial charge < -0.3 is 15.2 Å². The van der Waals surface area contributed by atoms with E-state index in [1.165, 1.54) is 30.6 Å². The number of likely N-dealkylation sites (N-methyl/N-ethyl adjacent to an activating group) is 1. The quantitative estimate of drug-likeness (QED) is 0.466. The average molecular weight is 430 g/mol. The summed E-state index contributed by atoms with van der Waals surface area (Å²) in [5.41, 5.74) is 3.65. The SMILES string of the molecule is CCc1nn(C)c(CC)c1CN=C(NCc1nnc(C)n1C)NCC1CCCN1CC. The number of aliphatic imine (C=N–C) groups is 1. The lowest BCUT2D eigenvalue weighted by atomic mass is 10.1. The monoisotopic (exact) mass is 429 g/mol. The van der Waals surface area contributed by atoms with Gasteiger partial charge in [0.15, 0.2) is 11.8 Å². The van der Waals surface area contributed by atoms with Crippen LogP contribution in [-0.2, 0) is 40.0 Å². The molecule has 2 aromatic heterocycles. The van der Waals surface area contributed by atoms with Gasteiger partial charge in [0.1, 0.15) is 5.82 Å². The molecule has 2 aromatic rings. The standard InChI is InChI=1S/C22H39N9/c1-7-19-18(20(8-2)30(6)28-19)14-24-22(23-13-17-11-10-12-31(17)9-3)25-15-21-27-26-16(4)29(21)5/h17H,7-15H2,1-6H3,(H2,23,24,25). The summed E-state index contributed by atoms with van der Waals surface area (Å²) in [6.07, 6.45) is 4.38. The van der Waals surface area contributed by atoms with Gasteiger partial charge in [0, 0.05) is 37.9 Å². The molecule has 0 aromatic carbocycles. The van der Waals surface area contributed by atoms with Crippen molar-refractivity contribution in [3.63, 3.8) is 0 Å². The van der Waals surface area contributed by atoms with E-state index < -0.39 is 0 Å². The van der Waals surface area contributed by atoms with Crippen LogP contribution in [0.1, 0.15) is 62.2 Å². The molecule has 1 aliphatic heterocycles. The maximum atomic E-state index is 4.95. The van der Waals surface area contributed by atoms with E-state index in [0.717, 1.165) is 49.2 Å². The summed E-state index contributed by atoms with van der Waals surface area (Å²) in [5.74, 6) is 2.62. The molecule has 1 saturated heterocycles. The predicted octanol–water partition coefficient (Wildman–Crippen LogP) is 1.70. The molecule has 3 rings (SSSR count). The molecule has 2 N–H and O–H groups in total. The summed E-state index contributed by atoms with van der Waals surface area (Å²) in [7, 11) is 4.02. The number of hydrogen-bond donors (Lipinski definition) is 2. The Morgan fingerprint density at radius 3 is 2.58 bits per heavy atom. The van der Waals surface area contributed by atoms with Crippen LogP contribution in [0.4, 0.5) is 0 Å². The Kier molecular flexibility index (Phi) is 8.06.